The van der Waals surface area contributed by atoms with Gasteiger partial charge in [0.2, 0.25) is 0 Å². The molecule has 2 N–H and O–H groups in total. The number of benzene rings is 1. The first-order valence-corrected chi connectivity index (χ1v) is 5.14. The van der Waals surface area contributed by atoms with Crippen LogP contribution in [-0.2, 0) is 0 Å². The van der Waals surface area contributed by atoms with Gasteiger partial charge in [0.25, 0.3) is 0 Å². The molecule has 82 valence electrons. The van der Waals surface area contributed by atoms with Gasteiger partial charge in [-0.05, 0) is 26.8 Å². The van der Waals surface area contributed by atoms with Crippen molar-refractivity contribution in [3.05, 3.63) is 29.1 Å². The average molecular weight is 209 g/mol. The van der Waals surface area contributed by atoms with Gasteiger partial charge in [0.15, 0.2) is 0 Å². The fourth-order valence-electron chi connectivity index (χ4n) is 2.07. The molecule has 1 unspecified atom stereocenters. The number of halogens is 1. The highest BCUT2D eigenvalue weighted by atomic mass is 19.1. The fourth-order valence-corrected chi connectivity index (χ4v) is 2.07. The fraction of sp³-hybridized carbons (Fsp3) is 0.500. The van der Waals surface area contributed by atoms with Crippen LogP contribution in [0.25, 0.3) is 0 Å². The molecule has 0 aliphatic carbocycles. The van der Waals surface area contributed by atoms with Gasteiger partial charge in [0.1, 0.15) is 17.2 Å². The normalized spacial score (nSPS) is 23.1. The summed E-state index contributed by atoms with van der Waals surface area (Å²) in [6.07, 6.45) is 0.755. The second-order valence-electron chi connectivity index (χ2n) is 4.76. The smallest absolute Gasteiger partial charge is 0.130 e. The molecule has 0 aromatic heterocycles. The first-order chi connectivity index (χ1) is 6.91. The van der Waals surface area contributed by atoms with Crippen LogP contribution >= 0.6 is 0 Å². The van der Waals surface area contributed by atoms with Gasteiger partial charge < -0.3 is 10.5 Å². The maximum Gasteiger partial charge on any atom is 0.130 e. The summed E-state index contributed by atoms with van der Waals surface area (Å²) in [5, 5.41) is 0. The molecule has 0 bridgehead atoms. The molecule has 0 spiro atoms. The largest absolute Gasteiger partial charge is 0.487 e. The summed E-state index contributed by atoms with van der Waals surface area (Å²) < 4.78 is 19.1. The van der Waals surface area contributed by atoms with Gasteiger partial charge in [-0.3, -0.25) is 0 Å². The molecule has 15 heavy (non-hydrogen) atoms. The van der Waals surface area contributed by atoms with Crippen LogP contribution in [0.1, 0.15) is 37.4 Å². The lowest BCUT2D eigenvalue weighted by atomic mass is 9.89. The van der Waals surface area contributed by atoms with Crippen LogP contribution in [0.5, 0.6) is 5.75 Å². The van der Waals surface area contributed by atoms with Crippen molar-refractivity contribution in [1.82, 2.24) is 0 Å². The zero-order chi connectivity index (χ0) is 11.2. The topological polar surface area (TPSA) is 35.2 Å². The zero-order valence-corrected chi connectivity index (χ0v) is 9.30. The maximum atomic E-state index is 13.4. The second kappa shape index (κ2) is 3.20. The van der Waals surface area contributed by atoms with Crippen molar-refractivity contribution in [1.29, 1.82) is 0 Å². The Labute approximate surface area is 89.2 Å². The molecule has 2 rings (SSSR count). The molecule has 1 heterocycles. The molecule has 1 aromatic rings. The predicted octanol–water partition coefficient (Wildman–Crippen LogP) is 2.70. The second-order valence-corrected chi connectivity index (χ2v) is 4.76. The minimum Gasteiger partial charge on any atom is -0.487 e. The molecular weight excluding hydrogens is 193 g/mol. The van der Waals surface area contributed by atoms with Crippen LogP contribution in [0, 0.1) is 12.7 Å². The van der Waals surface area contributed by atoms with Gasteiger partial charge in [-0.2, -0.15) is 0 Å². The van der Waals surface area contributed by atoms with Crippen molar-refractivity contribution in [2.45, 2.75) is 38.8 Å². The molecule has 1 aromatic carbocycles. The van der Waals surface area contributed by atoms with Crippen LogP contribution in [0.2, 0.25) is 0 Å². The quantitative estimate of drug-likeness (QED) is 0.713. The Kier molecular flexibility index (Phi) is 2.23. The number of fused-ring (bicyclic) bond motifs is 1. The van der Waals surface area contributed by atoms with E-state index in [-0.39, 0.29) is 17.5 Å². The number of rotatable bonds is 0. The first kappa shape index (κ1) is 10.4. The Morgan fingerprint density at radius 3 is 2.80 bits per heavy atom. The molecule has 0 amide bonds. The highest BCUT2D eigenvalue weighted by Gasteiger charge is 2.33. The Morgan fingerprint density at radius 2 is 2.13 bits per heavy atom. The summed E-state index contributed by atoms with van der Waals surface area (Å²) in [4.78, 5) is 0. The van der Waals surface area contributed by atoms with Gasteiger partial charge >= 0.3 is 0 Å². The molecule has 0 fully saturated rings. The molecule has 1 aliphatic heterocycles. The molecule has 1 atom stereocenters. The molecule has 0 radical (unpaired) electrons. The van der Waals surface area contributed by atoms with E-state index in [1.807, 2.05) is 13.8 Å². The lowest BCUT2D eigenvalue weighted by molar-refractivity contribution is 0.0714. The van der Waals surface area contributed by atoms with Gasteiger partial charge in [0.05, 0.1) is 0 Å². The van der Waals surface area contributed by atoms with E-state index in [1.54, 1.807) is 13.0 Å². The number of nitrogens with two attached hydrogens (primary N) is 1. The minimum atomic E-state index is -0.315. The Balaban J connectivity index is 2.56. The maximum absolute atomic E-state index is 13.4. The summed E-state index contributed by atoms with van der Waals surface area (Å²) in [5.41, 5.74) is 7.19. The summed E-state index contributed by atoms with van der Waals surface area (Å²) in [7, 11) is 0. The number of hydrogen-bond acceptors (Lipinski definition) is 2. The minimum absolute atomic E-state index is 0.0666. The molecule has 3 heteroatoms. The lowest BCUT2D eigenvalue weighted by Gasteiger charge is -2.37. The molecule has 0 saturated heterocycles. The molecule has 0 saturated carbocycles. The van der Waals surface area contributed by atoms with Crippen molar-refractivity contribution in [3.8, 4) is 5.75 Å². The van der Waals surface area contributed by atoms with E-state index < -0.39 is 0 Å². The number of ether oxygens (including phenoxy) is 1. The summed E-state index contributed by atoms with van der Waals surface area (Å²) in [5.74, 6) is 0.386. The van der Waals surface area contributed by atoms with Crippen molar-refractivity contribution in [3.63, 3.8) is 0 Å². The summed E-state index contributed by atoms with van der Waals surface area (Å²) in [6, 6.07) is 3.11. The third kappa shape index (κ3) is 1.72. The number of hydrogen-bond donors (Lipinski definition) is 1. The third-order valence-corrected chi connectivity index (χ3v) is 2.86. The van der Waals surface area contributed by atoms with Crippen LogP contribution < -0.4 is 10.5 Å². The lowest BCUT2D eigenvalue weighted by Crippen LogP contribution is -2.37. The summed E-state index contributed by atoms with van der Waals surface area (Å²) >= 11 is 0. The SMILES string of the molecule is Cc1c(F)ccc2c1OC(C)(C)CC2N. The van der Waals surface area contributed by atoms with Crippen LogP contribution in [0.15, 0.2) is 12.1 Å². The molecule has 2 nitrogen and oxygen atoms in total. The summed E-state index contributed by atoms with van der Waals surface area (Å²) in [6.45, 7) is 5.67. The van der Waals surface area contributed by atoms with E-state index in [2.05, 4.69) is 0 Å². The van der Waals surface area contributed by atoms with Crippen molar-refractivity contribution < 1.29 is 9.13 Å². The van der Waals surface area contributed by atoms with Crippen LogP contribution in [0.4, 0.5) is 4.39 Å². The standard InChI is InChI=1S/C12H16FNO/c1-7-9(13)5-4-8-10(14)6-12(2,3)15-11(7)8/h4-5,10H,6,14H2,1-3H3. The van der Waals surface area contributed by atoms with E-state index >= 15 is 0 Å². The monoisotopic (exact) mass is 209 g/mol. The van der Waals surface area contributed by atoms with Gasteiger partial charge in [-0.1, -0.05) is 6.07 Å². The van der Waals surface area contributed by atoms with E-state index in [0.717, 1.165) is 12.0 Å². The van der Waals surface area contributed by atoms with Crippen molar-refractivity contribution in [2.75, 3.05) is 0 Å². The van der Waals surface area contributed by atoms with E-state index in [1.165, 1.54) is 6.07 Å². The third-order valence-electron chi connectivity index (χ3n) is 2.86. The molecule has 1 aliphatic rings. The highest BCUT2D eigenvalue weighted by molar-refractivity contribution is 5.45. The molecular formula is C12H16FNO. The first-order valence-electron chi connectivity index (χ1n) is 5.14. The Morgan fingerprint density at radius 1 is 1.47 bits per heavy atom. The van der Waals surface area contributed by atoms with Crippen molar-refractivity contribution >= 4 is 0 Å². The highest BCUT2D eigenvalue weighted by Crippen LogP contribution is 2.40. The predicted molar refractivity (Wildman–Crippen MR) is 57.4 cm³/mol. The van der Waals surface area contributed by atoms with Gasteiger partial charge in [0, 0.05) is 23.6 Å². The van der Waals surface area contributed by atoms with Crippen LogP contribution in [0.3, 0.4) is 0 Å². The van der Waals surface area contributed by atoms with E-state index in [9.17, 15) is 4.39 Å². The zero-order valence-electron chi connectivity index (χ0n) is 9.30. The average Bonchev–Trinajstić information content (AvgIpc) is 2.10. The van der Waals surface area contributed by atoms with E-state index in [0.29, 0.717) is 11.3 Å². The van der Waals surface area contributed by atoms with Crippen molar-refractivity contribution in [2.24, 2.45) is 5.73 Å². The van der Waals surface area contributed by atoms with E-state index in [4.69, 9.17) is 10.5 Å². The van der Waals surface area contributed by atoms with Gasteiger partial charge in [-0.15, -0.1) is 0 Å². The Bertz CT molecular complexity index is 401. The van der Waals surface area contributed by atoms with Crippen LogP contribution in [-0.4, -0.2) is 5.60 Å². The Hall–Kier alpha value is -1.09. The van der Waals surface area contributed by atoms with Gasteiger partial charge in [-0.25, -0.2) is 4.39 Å².